The molecule has 0 radical (unpaired) electrons. The number of aromatic nitrogens is 2. The van der Waals surface area contributed by atoms with E-state index in [2.05, 4.69) is 20.9 Å². The van der Waals surface area contributed by atoms with Crippen LogP contribution in [0.25, 0.3) is 10.9 Å². The third-order valence-corrected chi connectivity index (χ3v) is 7.02. The number of carbonyl (C=O) groups excluding carboxylic acids is 1. The maximum atomic E-state index is 12.5. The van der Waals surface area contributed by atoms with Gasteiger partial charge in [0, 0.05) is 59.8 Å². The van der Waals surface area contributed by atoms with Crippen LogP contribution >= 0.6 is 11.6 Å². The van der Waals surface area contributed by atoms with Crippen molar-refractivity contribution in [1.29, 1.82) is 0 Å². The molecule has 3 heterocycles. The Morgan fingerprint density at radius 3 is 2.59 bits per heavy atom. The van der Waals surface area contributed by atoms with E-state index in [9.17, 15) is 4.79 Å². The predicted molar refractivity (Wildman–Crippen MR) is 117 cm³/mol. The van der Waals surface area contributed by atoms with Crippen molar-refractivity contribution in [2.24, 2.45) is 11.3 Å². The van der Waals surface area contributed by atoms with Gasteiger partial charge in [0.05, 0.1) is 5.52 Å². The van der Waals surface area contributed by atoms with Gasteiger partial charge in [-0.05, 0) is 73.4 Å². The standard InChI is InChI=1S/C24H24ClN3O/c25-19-3-1-18(2-4-19)23(29)13-17-14-24(15-17)7-11-28(12-8-24)22-6-10-27-21-5-9-26-16-20(21)22/h1-6,9-10,16-17H,7-8,11-15H2. The Bertz CT molecular complexity index is 1030. The molecule has 4 nitrogen and oxygen atoms in total. The number of pyridine rings is 2. The minimum absolute atomic E-state index is 0.245. The summed E-state index contributed by atoms with van der Waals surface area (Å²) in [7, 11) is 0. The monoisotopic (exact) mass is 405 g/mol. The van der Waals surface area contributed by atoms with Crippen molar-refractivity contribution < 1.29 is 4.79 Å². The van der Waals surface area contributed by atoms with E-state index < -0.39 is 0 Å². The number of hydrogen-bond donors (Lipinski definition) is 0. The molecule has 2 aliphatic rings. The number of Topliss-reactive ketones (excluding diaryl/α,β-unsaturated/α-hetero) is 1. The summed E-state index contributed by atoms with van der Waals surface area (Å²) in [5, 5.41) is 1.81. The number of carbonyl (C=O) groups is 1. The van der Waals surface area contributed by atoms with Crippen LogP contribution < -0.4 is 4.90 Å². The molecule has 2 fully saturated rings. The smallest absolute Gasteiger partial charge is 0.163 e. The van der Waals surface area contributed by atoms with Crippen LogP contribution in [0.15, 0.2) is 55.0 Å². The average molecular weight is 406 g/mol. The van der Waals surface area contributed by atoms with E-state index in [-0.39, 0.29) is 5.78 Å². The molecule has 1 saturated heterocycles. The van der Waals surface area contributed by atoms with Crippen LogP contribution in [-0.2, 0) is 0 Å². The number of anilines is 1. The second-order valence-electron chi connectivity index (χ2n) is 8.62. The van der Waals surface area contributed by atoms with Crippen molar-refractivity contribution in [2.45, 2.75) is 32.1 Å². The highest BCUT2D eigenvalue weighted by atomic mass is 35.5. The summed E-state index contributed by atoms with van der Waals surface area (Å²) < 4.78 is 0. The number of fused-ring (bicyclic) bond motifs is 1. The molecule has 1 aromatic carbocycles. The number of nitrogens with zero attached hydrogens (tertiary/aromatic N) is 3. The lowest BCUT2D eigenvalue weighted by atomic mass is 9.56. The first kappa shape index (κ1) is 18.6. The zero-order valence-electron chi connectivity index (χ0n) is 16.4. The lowest BCUT2D eigenvalue weighted by molar-refractivity contribution is 0.0239. The van der Waals surface area contributed by atoms with E-state index in [0.29, 0.717) is 22.8 Å². The second kappa shape index (κ2) is 7.42. The Labute approximate surface area is 175 Å². The summed E-state index contributed by atoms with van der Waals surface area (Å²) in [6.45, 7) is 2.12. The fourth-order valence-corrected chi connectivity index (χ4v) is 5.33. The van der Waals surface area contributed by atoms with Gasteiger partial charge < -0.3 is 4.90 Å². The lowest BCUT2D eigenvalue weighted by Gasteiger charge is -2.52. The van der Waals surface area contributed by atoms with Gasteiger partial charge in [0.25, 0.3) is 0 Å². The molecular formula is C24H24ClN3O. The van der Waals surface area contributed by atoms with Gasteiger partial charge >= 0.3 is 0 Å². The van der Waals surface area contributed by atoms with Crippen LogP contribution in [-0.4, -0.2) is 28.8 Å². The molecule has 2 aromatic heterocycles. The topological polar surface area (TPSA) is 46.1 Å². The van der Waals surface area contributed by atoms with Gasteiger partial charge in [-0.1, -0.05) is 11.6 Å². The summed E-state index contributed by atoms with van der Waals surface area (Å²) in [5.41, 5.74) is 3.46. The Kier molecular flexibility index (Phi) is 4.75. The number of hydrogen-bond acceptors (Lipinski definition) is 4. The van der Waals surface area contributed by atoms with E-state index in [0.717, 1.165) is 29.6 Å². The van der Waals surface area contributed by atoms with Crippen LogP contribution in [0.2, 0.25) is 5.02 Å². The van der Waals surface area contributed by atoms with Crippen molar-refractivity contribution in [3.8, 4) is 0 Å². The van der Waals surface area contributed by atoms with E-state index in [1.165, 1.54) is 31.4 Å². The molecular weight excluding hydrogens is 382 g/mol. The normalized spacial score (nSPS) is 18.7. The summed E-state index contributed by atoms with van der Waals surface area (Å²) in [4.78, 5) is 23.7. The molecule has 0 unspecified atom stereocenters. The molecule has 148 valence electrons. The third-order valence-electron chi connectivity index (χ3n) is 6.77. The summed E-state index contributed by atoms with van der Waals surface area (Å²) in [5.74, 6) is 0.769. The second-order valence-corrected chi connectivity index (χ2v) is 9.05. The number of benzene rings is 1. The molecule has 1 aliphatic heterocycles. The number of halogens is 1. The maximum Gasteiger partial charge on any atom is 0.163 e. The molecule has 0 amide bonds. The molecule has 3 aromatic rings. The zero-order chi connectivity index (χ0) is 19.8. The fraction of sp³-hybridized carbons (Fsp3) is 0.375. The lowest BCUT2D eigenvalue weighted by Crippen LogP contribution is -2.47. The zero-order valence-corrected chi connectivity index (χ0v) is 17.1. The summed E-state index contributed by atoms with van der Waals surface area (Å²) >= 11 is 5.92. The fourth-order valence-electron chi connectivity index (χ4n) is 5.21. The average Bonchev–Trinajstić information content (AvgIpc) is 2.73. The highest BCUT2D eigenvalue weighted by molar-refractivity contribution is 6.30. The first-order chi connectivity index (χ1) is 14.1. The van der Waals surface area contributed by atoms with Gasteiger partial charge in [-0.3, -0.25) is 14.8 Å². The highest BCUT2D eigenvalue weighted by Crippen LogP contribution is 2.54. The number of piperidine rings is 1. The molecule has 5 rings (SSSR count). The molecule has 0 N–H and O–H groups in total. The van der Waals surface area contributed by atoms with E-state index in [4.69, 9.17) is 11.6 Å². The van der Waals surface area contributed by atoms with Crippen LogP contribution in [0.4, 0.5) is 5.69 Å². The first-order valence-corrected chi connectivity index (χ1v) is 10.7. The van der Waals surface area contributed by atoms with Gasteiger partial charge in [-0.15, -0.1) is 0 Å². The Hall–Kier alpha value is -2.46. The quantitative estimate of drug-likeness (QED) is 0.533. The molecule has 1 saturated carbocycles. The predicted octanol–water partition coefficient (Wildman–Crippen LogP) is 5.55. The van der Waals surface area contributed by atoms with Crippen LogP contribution in [0.1, 0.15) is 42.5 Å². The van der Waals surface area contributed by atoms with Gasteiger partial charge in [-0.2, -0.15) is 0 Å². The largest absolute Gasteiger partial charge is 0.371 e. The van der Waals surface area contributed by atoms with E-state index >= 15 is 0 Å². The number of ketones is 1. The van der Waals surface area contributed by atoms with Crippen molar-refractivity contribution in [3.05, 3.63) is 65.6 Å². The van der Waals surface area contributed by atoms with Crippen LogP contribution in [0.3, 0.4) is 0 Å². The Morgan fingerprint density at radius 2 is 1.83 bits per heavy atom. The van der Waals surface area contributed by atoms with Gasteiger partial charge in [0.15, 0.2) is 5.78 Å². The molecule has 5 heteroatoms. The molecule has 1 spiro atoms. The molecule has 0 atom stereocenters. The minimum Gasteiger partial charge on any atom is -0.371 e. The maximum absolute atomic E-state index is 12.5. The molecule has 0 bridgehead atoms. The highest BCUT2D eigenvalue weighted by Gasteiger charge is 2.46. The Morgan fingerprint density at radius 1 is 1.07 bits per heavy atom. The van der Waals surface area contributed by atoms with Gasteiger partial charge in [0.2, 0.25) is 0 Å². The van der Waals surface area contributed by atoms with Crippen molar-refractivity contribution >= 4 is 34.0 Å². The summed E-state index contributed by atoms with van der Waals surface area (Å²) in [6, 6.07) is 11.3. The Balaban J connectivity index is 1.19. The van der Waals surface area contributed by atoms with Crippen molar-refractivity contribution in [2.75, 3.05) is 18.0 Å². The number of rotatable bonds is 4. The van der Waals surface area contributed by atoms with Crippen molar-refractivity contribution in [3.63, 3.8) is 0 Å². The SMILES string of the molecule is O=C(CC1CC2(CCN(c3ccnc4ccncc34)CC2)C1)c1ccc(Cl)cc1. The van der Waals surface area contributed by atoms with Gasteiger partial charge in [-0.25, -0.2) is 0 Å². The minimum atomic E-state index is 0.245. The summed E-state index contributed by atoms with van der Waals surface area (Å²) in [6.07, 6.45) is 11.0. The van der Waals surface area contributed by atoms with E-state index in [1.807, 2.05) is 30.6 Å². The van der Waals surface area contributed by atoms with Crippen LogP contribution in [0.5, 0.6) is 0 Å². The van der Waals surface area contributed by atoms with Gasteiger partial charge in [0.1, 0.15) is 0 Å². The third kappa shape index (κ3) is 3.62. The molecule has 1 aliphatic carbocycles. The molecule has 29 heavy (non-hydrogen) atoms. The van der Waals surface area contributed by atoms with Crippen LogP contribution in [0, 0.1) is 11.3 Å². The van der Waals surface area contributed by atoms with E-state index in [1.54, 1.807) is 18.3 Å². The van der Waals surface area contributed by atoms with Crippen molar-refractivity contribution in [1.82, 2.24) is 9.97 Å². The first-order valence-electron chi connectivity index (χ1n) is 10.3.